The van der Waals surface area contributed by atoms with Crippen LogP contribution in [0, 0.1) is 5.92 Å². The molecule has 0 amide bonds. The van der Waals surface area contributed by atoms with Crippen molar-refractivity contribution in [2.45, 2.75) is 45.2 Å². The molecule has 0 saturated carbocycles. The predicted molar refractivity (Wildman–Crippen MR) is 86.4 cm³/mol. The van der Waals surface area contributed by atoms with Crippen molar-refractivity contribution in [1.82, 2.24) is 15.1 Å². The zero-order valence-corrected chi connectivity index (χ0v) is 14.6. The van der Waals surface area contributed by atoms with E-state index in [1.807, 2.05) is 13.8 Å². The fraction of sp³-hybridized carbons (Fsp3) is 0.938. The molecule has 124 valence electrons. The lowest BCUT2D eigenvalue weighted by Crippen LogP contribution is -2.54. The fourth-order valence-electron chi connectivity index (χ4n) is 3.35. The number of likely N-dealkylation sites (N-methyl/N-ethyl adjacent to an activating group) is 1. The molecule has 0 aromatic rings. The number of ether oxygens (including phenoxy) is 1. The largest absolute Gasteiger partial charge is 0.468 e. The summed E-state index contributed by atoms with van der Waals surface area (Å²) >= 11 is 0. The third kappa shape index (κ3) is 5.24. The lowest BCUT2D eigenvalue weighted by atomic mass is 9.92. The van der Waals surface area contributed by atoms with Crippen LogP contribution in [0.15, 0.2) is 0 Å². The van der Waals surface area contributed by atoms with Crippen LogP contribution < -0.4 is 5.32 Å². The van der Waals surface area contributed by atoms with E-state index in [1.54, 1.807) is 0 Å². The molecule has 3 atom stereocenters. The molecular weight excluding hydrogens is 266 g/mol. The summed E-state index contributed by atoms with van der Waals surface area (Å²) in [4.78, 5) is 16.8. The molecule has 3 unspecified atom stereocenters. The zero-order chi connectivity index (χ0) is 16.0. The number of nitrogens with zero attached hydrogens (tertiary/aromatic N) is 2. The monoisotopic (exact) mass is 299 g/mol. The molecule has 0 radical (unpaired) electrons. The maximum absolute atomic E-state index is 12.1. The van der Waals surface area contributed by atoms with E-state index < -0.39 is 5.54 Å². The summed E-state index contributed by atoms with van der Waals surface area (Å²) in [6.45, 7) is 10.4. The van der Waals surface area contributed by atoms with E-state index in [0.717, 1.165) is 25.4 Å². The van der Waals surface area contributed by atoms with Gasteiger partial charge in [-0.25, -0.2) is 0 Å². The van der Waals surface area contributed by atoms with Crippen LogP contribution >= 0.6 is 0 Å². The first-order valence-corrected chi connectivity index (χ1v) is 8.04. The number of hydrogen-bond donors (Lipinski definition) is 1. The normalized spacial score (nSPS) is 24.0. The van der Waals surface area contributed by atoms with Crippen LogP contribution in [0.3, 0.4) is 0 Å². The van der Waals surface area contributed by atoms with Crippen molar-refractivity contribution in [3.05, 3.63) is 0 Å². The molecule has 5 heteroatoms. The first-order valence-electron chi connectivity index (χ1n) is 8.04. The Morgan fingerprint density at radius 2 is 2.24 bits per heavy atom. The second-order valence-electron chi connectivity index (χ2n) is 6.76. The van der Waals surface area contributed by atoms with Crippen molar-refractivity contribution in [1.29, 1.82) is 0 Å². The molecule has 1 heterocycles. The molecule has 0 spiro atoms. The highest BCUT2D eigenvalue weighted by atomic mass is 16.5. The van der Waals surface area contributed by atoms with Gasteiger partial charge in [-0.05, 0) is 59.8 Å². The lowest BCUT2D eigenvalue weighted by Gasteiger charge is -2.35. The van der Waals surface area contributed by atoms with Gasteiger partial charge < -0.3 is 19.9 Å². The second-order valence-corrected chi connectivity index (χ2v) is 6.76. The Labute approximate surface area is 130 Å². The summed E-state index contributed by atoms with van der Waals surface area (Å²) in [6.07, 6.45) is 2.03. The van der Waals surface area contributed by atoms with Gasteiger partial charge in [-0.15, -0.1) is 0 Å². The van der Waals surface area contributed by atoms with Gasteiger partial charge in [0, 0.05) is 19.1 Å². The molecule has 1 N–H and O–H groups in total. The summed E-state index contributed by atoms with van der Waals surface area (Å²) in [6, 6.07) is 0.332. The molecule has 1 aliphatic heterocycles. The summed E-state index contributed by atoms with van der Waals surface area (Å²) in [5, 5.41) is 3.29. The Hall–Kier alpha value is -0.650. The molecule has 21 heavy (non-hydrogen) atoms. The van der Waals surface area contributed by atoms with E-state index in [-0.39, 0.29) is 5.97 Å². The number of nitrogens with one attached hydrogen (secondary N) is 1. The van der Waals surface area contributed by atoms with E-state index in [9.17, 15) is 4.79 Å². The lowest BCUT2D eigenvalue weighted by molar-refractivity contribution is -0.148. The minimum atomic E-state index is -0.607. The van der Waals surface area contributed by atoms with Crippen LogP contribution in [0.4, 0.5) is 0 Å². The zero-order valence-electron chi connectivity index (χ0n) is 14.6. The van der Waals surface area contributed by atoms with Gasteiger partial charge in [0.05, 0.1) is 7.11 Å². The standard InChI is InChI=1S/C16H33N3O2/c1-7-17-16(3,15(20)21-6)10-13(2)19(5)12-14-8-9-18(4)11-14/h13-14,17H,7-12H2,1-6H3. The van der Waals surface area contributed by atoms with Crippen LogP contribution in [-0.2, 0) is 9.53 Å². The summed E-state index contributed by atoms with van der Waals surface area (Å²) in [5.74, 6) is 0.566. The van der Waals surface area contributed by atoms with Crippen LogP contribution in [-0.4, -0.2) is 74.7 Å². The molecule has 0 bridgehead atoms. The third-order valence-electron chi connectivity index (χ3n) is 4.69. The number of carbonyl (C=O) groups excluding carboxylic acids is 1. The van der Waals surface area contributed by atoms with Crippen LogP contribution in [0.1, 0.15) is 33.6 Å². The van der Waals surface area contributed by atoms with Gasteiger partial charge in [-0.2, -0.15) is 0 Å². The second kappa shape index (κ2) is 8.11. The number of esters is 1. The van der Waals surface area contributed by atoms with Crippen molar-refractivity contribution in [2.75, 3.05) is 47.4 Å². The SMILES string of the molecule is CCNC(C)(CC(C)N(C)CC1CCN(C)C1)C(=O)OC. The molecule has 1 fully saturated rings. The van der Waals surface area contributed by atoms with Crippen molar-refractivity contribution < 1.29 is 9.53 Å². The molecular formula is C16H33N3O2. The highest BCUT2D eigenvalue weighted by Crippen LogP contribution is 2.21. The molecule has 1 saturated heterocycles. The number of likely N-dealkylation sites (tertiary alicyclic amines) is 1. The average Bonchev–Trinajstić information content (AvgIpc) is 2.83. The number of rotatable bonds is 8. The molecule has 0 aliphatic carbocycles. The van der Waals surface area contributed by atoms with Gasteiger partial charge in [-0.3, -0.25) is 4.79 Å². The van der Waals surface area contributed by atoms with E-state index in [4.69, 9.17) is 4.74 Å². The topological polar surface area (TPSA) is 44.8 Å². The summed E-state index contributed by atoms with van der Waals surface area (Å²) in [7, 11) is 5.80. The minimum Gasteiger partial charge on any atom is -0.468 e. The Balaban J connectivity index is 2.55. The maximum atomic E-state index is 12.1. The molecule has 0 aromatic heterocycles. The summed E-state index contributed by atoms with van der Waals surface area (Å²) < 4.78 is 4.97. The molecule has 1 aliphatic rings. The van der Waals surface area contributed by atoms with Crippen LogP contribution in [0.2, 0.25) is 0 Å². The van der Waals surface area contributed by atoms with Gasteiger partial charge >= 0.3 is 5.97 Å². The minimum absolute atomic E-state index is 0.176. The smallest absolute Gasteiger partial charge is 0.325 e. The first-order chi connectivity index (χ1) is 9.82. The molecule has 1 rings (SSSR count). The highest BCUT2D eigenvalue weighted by Gasteiger charge is 2.36. The molecule has 0 aromatic carbocycles. The van der Waals surface area contributed by atoms with Crippen molar-refractivity contribution in [2.24, 2.45) is 5.92 Å². The van der Waals surface area contributed by atoms with Crippen LogP contribution in [0.5, 0.6) is 0 Å². The average molecular weight is 299 g/mol. The quantitative estimate of drug-likeness (QED) is 0.682. The summed E-state index contributed by atoms with van der Waals surface area (Å²) in [5.41, 5.74) is -0.607. The predicted octanol–water partition coefficient (Wildman–Crippen LogP) is 1.19. The number of hydrogen-bond acceptors (Lipinski definition) is 5. The van der Waals surface area contributed by atoms with Crippen molar-refractivity contribution in [3.8, 4) is 0 Å². The van der Waals surface area contributed by atoms with E-state index in [1.165, 1.54) is 26.6 Å². The number of carbonyl (C=O) groups is 1. The highest BCUT2D eigenvalue weighted by molar-refractivity contribution is 5.80. The van der Waals surface area contributed by atoms with Crippen molar-refractivity contribution in [3.63, 3.8) is 0 Å². The Morgan fingerprint density at radius 1 is 1.57 bits per heavy atom. The Kier molecular flexibility index (Phi) is 7.10. The van der Waals surface area contributed by atoms with Gasteiger partial charge in [0.1, 0.15) is 5.54 Å². The Bertz CT molecular complexity index is 337. The van der Waals surface area contributed by atoms with Crippen LogP contribution in [0.25, 0.3) is 0 Å². The maximum Gasteiger partial charge on any atom is 0.325 e. The Morgan fingerprint density at radius 3 is 2.71 bits per heavy atom. The van der Waals surface area contributed by atoms with E-state index in [2.05, 4.69) is 36.1 Å². The van der Waals surface area contributed by atoms with Gasteiger partial charge in [0.25, 0.3) is 0 Å². The van der Waals surface area contributed by atoms with E-state index >= 15 is 0 Å². The number of methoxy groups -OCH3 is 1. The first kappa shape index (κ1) is 18.4. The van der Waals surface area contributed by atoms with Crippen molar-refractivity contribution >= 4 is 5.97 Å². The van der Waals surface area contributed by atoms with Gasteiger partial charge in [0.15, 0.2) is 0 Å². The third-order valence-corrected chi connectivity index (χ3v) is 4.69. The molecule has 5 nitrogen and oxygen atoms in total. The van der Waals surface area contributed by atoms with Gasteiger partial charge in [-0.1, -0.05) is 6.92 Å². The van der Waals surface area contributed by atoms with Gasteiger partial charge in [0.2, 0.25) is 0 Å². The van der Waals surface area contributed by atoms with E-state index in [0.29, 0.717) is 6.04 Å². The fourth-order valence-corrected chi connectivity index (χ4v) is 3.35.